The Morgan fingerprint density at radius 1 is 1.04 bits per heavy atom. The van der Waals surface area contributed by atoms with Crippen LogP contribution in [-0.2, 0) is 6.54 Å². The number of hydrogen-bond donors (Lipinski definition) is 1. The highest BCUT2D eigenvalue weighted by molar-refractivity contribution is 5.49. The highest BCUT2D eigenvalue weighted by Gasteiger charge is 2.10. The van der Waals surface area contributed by atoms with E-state index < -0.39 is 6.10 Å². The Hall–Kier alpha value is -2.79. The topological polar surface area (TPSA) is 50.5 Å². The molecule has 0 aliphatic heterocycles. The first-order chi connectivity index (χ1) is 11.7. The molecule has 3 aromatic rings. The van der Waals surface area contributed by atoms with Crippen molar-refractivity contribution in [1.29, 1.82) is 0 Å². The molecule has 0 saturated heterocycles. The van der Waals surface area contributed by atoms with Crippen LogP contribution in [0.15, 0.2) is 73.1 Å². The number of aliphatic hydroxyl groups is 1. The summed E-state index contributed by atoms with van der Waals surface area (Å²) < 4.78 is 7.52. The Labute approximate surface area is 141 Å². The number of benzene rings is 2. The molecule has 0 spiro atoms. The van der Waals surface area contributed by atoms with Crippen LogP contribution < -0.4 is 9.64 Å². The van der Waals surface area contributed by atoms with Gasteiger partial charge in [-0.25, -0.2) is 0 Å². The predicted octanol–water partition coefficient (Wildman–Crippen LogP) is 3.17. The van der Waals surface area contributed by atoms with E-state index in [1.807, 2.05) is 78.8 Å². The smallest absolute Gasteiger partial charge is 0.127 e. The summed E-state index contributed by atoms with van der Waals surface area (Å²) in [6.45, 7) is 1.01. The lowest BCUT2D eigenvalue weighted by molar-refractivity contribution is 0.156. The van der Waals surface area contributed by atoms with Crippen molar-refractivity contribution < 1.29 is 9.84 Å². The zero-order valence-electron chi connectivity index (χ0n) is 13.6. The van der Waals surface area contributed by atoms with Gasteiger partial charge in [0.1, 0.15) is 11.5 Å². The molecule has 0 radical (unpaired) electrons. The summed E-state index contributed by atoms with van der Waals surface area (Å²) in [5, 5.41) is 14.3. The first-order valence-corrected chi connectivity index (χ1v) is 7.90. The van der Waals surface area contributed by atoms with Crippen LogP contribution in [0.3, 0.4) is 0 Å². The number of ether oxygens (including phenoxy) is 1. The molecule has 24 heavy (non-hydrogen) atoms. The molecule has 5 nitrogen and oxygen atoms in total. The van der Waals surface area contributed by atoms with E-state index in [1.54, 1.807) is 10.9 Å². The van der Waals surface area contributed by atoms with Gasteiger partial charge >= 0.3 is 0 Å². The minimum atomic E-state index is -0.491. The summed E-state index contributed by atoms with van der Waals surface area (Å²) in [5.41, 5.74) is 1.02. The quantitative estimate of drug-likeness (QED) is 0.725. The fourth-order valence-corrected chi connectivity index (χ4v) is 2.50. The summed E-state index contributed by atoms with van der Waals surface area (Å²) in [7, 11) is 1.96. The highest BCUT2D eigenvalue weighted by Crippen LogP contribution is 2.23. The van der Waals surface area contributed by atoms with Crippen molar-refractivity contribution in [1.82, 2.24) is 9.78 Å². The molecule has 0 saturated carbocycles. The number of nitrogens with zero attached hydrogens (tertiary/aromatic N) is 3. The monoisotopic (exact) mass is 323 g/mol. The van der Waals surface area contributed by atoms with Gasteiger partial charge in [-0.2, -0.15) is 5.10 Å². The molecular weight excluding hydrogens is 302 g/mol. The van der Waals surface area contributed by atoms with Crippen molar-refractivity contribution in [2.75, 3.05) is 18.5 Å². The Morgan fingerprint density at radius 2 is 1.75 bits per heavy atom. The third kappa shape index (κ3) is 4.36. The maximum atomic E-state index is 10.2. The van der Waals surface area contributed by atoms with Crippen LogP contribution in [0, 0.1) is 0 Å². The first kappa shape index (κ1) is 16.1. The van der Waals surface area contributed by atoms with E-state index in [0.29, 0.717) is 13.1 Å². The molecule has 0 fully saturated rings. The molecule has 3 rings (SSSR count). The van der Waals surface area contributed by atoms with Crippen molar-refractivity contribution in [3.05, 3.63) is 73.1 Å². The second kappa shape index (κ2) is 7.66. The molecule has 5 heteroatoms. The average molecular weight is 323 g/mol. The van der Waals surface area contributed by atoms with Crippen LogP contribution in [0.4, 0.5) is 5.69 Å². The van der Waals surface area contributed by atoms with E-state index in [2.05, 4.69) is 5.10 Å². The summed E-state index contributed by atoms with van der Waals surface area (Å²) in [6, 6.07) is 19.4. The molecule has 0 aliphatic carbocycles. The fraction of sp³-hybridized carbons (Fsp3) is 0.211. The van der Waals surface area contributed by atoms with Crippen LogP contribution in [0.2, 0.25) is 0 Å². The SMILES string of the molecule is CN(CC(O)Cn1cccn1)c1ccc(Oc2ccccc2)cc1. The minimum Gasteiger partial charge on any atom is -0.457 e. The van der Waals surface area contributed by atoms with E-state index in [0.717, 1.165) is 17.2 Å². The summed E-state index contributed by atoms with van der Waals surface area (Å²) in [6.07, 6.45) is 3.07. The van der Waals surface area contributed by atoms with Crippen LogP contribution in [0.1, 0.15) is 0 Å². The zero-order valence-corrected chi connectivity index (χ0v) is 13.6. The van der Waals surface area contributed by atoms with Crippen molar-refractivity contribution in [3.63, 3.8) is 0 Å². The van der Waals surface area contributed by atoms with Gasteiger partial charge in [0.2, 0.25) is 0 Å². The fourth-order valence-electron chi connectivity index (χ4n) is 2.50. The van der Waals surface area contributed by atoms with E-state index >= 15 is 0 Å². The van der Waals surface area contributed by atoms with Gasteiger partial charge in [-0.15, -0.1) is 0 Å². The Kier molecular flexibility index (Phi) is 5.13. The Morgan fingerprint density at radius 3 is 2.42 bits per heavy atom. The Balaban J connectivity index is 1.56. The second-order valence-corrected chi connectivity index (χ2v) is 5.67. The minimum absolute atomic E-state index is 0.479. The number of anilines is 1. The average Bonchev–Trinajstić information content (AvgIpc) is 3.09. The van der Waals surface area contributed by atoms with Gasteiger partial charge in [-0.3, -0.25) is 4.68 Å². The number of rotatable bonds is 7. The molecule has 2 aromatic carbocycles. The molecule has 1 heterocycles. The molecule has 1 aromatic heterocycles. The van der Waals surface area contributed by atoms with E-state index in [4.69, 9.17) is 4.74 Å². The normalized spacial score (nSPS) is 11.9. The number of hydrogen-bond acceptors (Lipinski definition) is 4. The molecule has 1 N–H and O–H groups in total. The third-order valence-corrected chi connectivity index (χ3v) is 3.70. The van der Waals surface area contributed by atoms with E-state index in [1.165, 1.54) is 0 Å². The lowest BCUT2D eigenvalue weighted by Crippen LogP contribution is -2.32. The summed E-state index contributed by atoms with van der Waals surface area (Å²) in [5.74, 6) is 1.60. The summed E-state index contributed by atoms with van der Waals surface area (Å²) >= 11 is 0. The molecule has 0 aliphatic rings. The van der Waals surface area contributed by atoms with Gasteiger partial charge in [0, 0.05) is 31.7 Å². The van der Waals surface area contributed by atoms with Gasteiger partial charge < -0.3 is 14.7 Å². The Bertz CT molecular complexity index is 727. The van der Waals surface area contributed by atoms with Crippen molar-refractivity contribution in [3.8, 4) is 11.5 Å². The zero-order chi connectivity index (χ0) is 16.8. The van der Waals surface area contributed by atoms with E-state index in [9.17, 15) is 5.11 Å². The molecule has 0 bridgehead atoms. The molecule has 0 amide bonds. The second-order valence-electron chi connectivity index (χ2n) is 5.67. The lowest BCUT2D eigenvalue weighted by Gasteiger charge is -2.23. The molecular formula is C19H21N3O2. The van der Waals surface area contributed by atoms with Crippen LogP contribution in [0.5, 0.6) is 11.5 Å². The number of aromatic nitrogens is 2. The van der Waals surface area contributed by atoms with Crippen LogP contribution >= 0.6 is 0 Å². The standard InChI is InChI=1S/C19H21N3O2/c1-21(14-17(23)15-22-13-5-12-20-22)16-8-10-19(11-9-16)24-18-6-3-2-4-7-18/h2-13,17,23H,14-15H2,1H3. The first-order valence-electron chi connectivity index (χ1n) is 7.90. The van der Waals surface area contributed by atoms with Crippen molar-refractivity contribution in [2.45, 2.75) is 12.6 Å². The summed E-state index contributed by atoms with van der Waals surface area (Å²) in [4.78, 5) is 2.01. The van der Waals surface area contributed by atoms with Crippen LogP contribution in [-0.4, -0.2) is 34.6 Å². The van der Waals surface area contributed by atoms with Gasteiger partial charge in [-0.1, -0.05) is 18.2 Å². The highest BCUT2D eigenvalue weighted by atomic mass is 16.5. The maximum Gasteiger partial charge on any atom is 0.127 e. The number of likely N-dealkylation sites (N-methyl/N-ethyl adjacent to an activating group) is 1. The van der Waals surface area contributed by atoms with Crippen molar-refractivity contribution in [2.24, 2.45) is 0 Å². The third-order valence-electron chi connectivity index (χ3n) is 3.70. The predicted molar refractivity (Wildman–Crippen MR) is 94.5 cm³/mol. The molecule has 124 valence electrons. The number of para-hydroxylation sites is 1. The van der Waals surface area contributed by atoms with Gasteiger partial charge in [0.15, 0.2) is 0 Å². The largest absolute Gasteiger partial charge is 0.457 e. The lowest BCUT2D eigenvalue weighted by atomic mass is 10.2. The van der Waals surface area contributed by atoms with Gasteiger partial charge in [0.25, 0.3) is 0 Å². The molecule has 1 unspecified atom stereocenters. The van der Waals surface area contributed by atoms with Crippen LogP contribution in [0.25, 0.3) is 0 Å². The molecule has 1 atom stereocenters. The van der Waals surface area contributed by atoms with E-state index in [-0.39, 0.29) is 0 Å². The van der Waals surface area contributed by atoms with Gasteiger partial charge in [-0.05, 0) is 42.5 Å². The van der Waals surface area contributed by atoms with Gasteiger partial charge in [0.05, 0.1) is 12.6 Å². The maximum absolute atomic E-state index is 10.2. The van der Waals surface area contributed by atoms with Crippen molar-refractivity contribution >= 4 is 5.69 Å². The number of aliphatic hydroxyl groups excluding tert-OH is 1.